The van der Waals surface area contributed by atoms with Crippen molar-refractivity contribution in [1.29, 1.82) is 0 Å². The Balaban J connectivity index is 1.88. The number of benzene rings is 1. The van der Waals surface area contributed by atoms with Gasteiger partial charge in [-0.2, -0.15) is 0 Å². The molecule has 0 radical (unpaired) electrons. The van der Waals surface area contributed by atoms with Crippen LogP contribution >= 0.6 is 0 Å². The minimum absolute atomic E-state index is 0.478. The number of pyridine rings is 1. The molecule has 2 heterocycles. The Morgan fingerprint density at radius 1 is 1.10 bits per heavy atom. The van der Waals surface area contributed by atoms with Gasteiger partial charge in [-0.05, 0) is 56.1 Å². The highest BCUT2D eigenvalue weighted by Gasteiger charge is 2.19. The number of likely N-dealkylation sites (tertiary alicyclic amines) is 1. The van der Waals surface area contributed by atoms with Crippen molar-refractivity contribution in [3.63, 3.8) is 0 Å². The Morgan fingerprint density at radius 3 is 2.67 bits per heavy atom. The van der Waals surface area contributed by atoms with Crippen molar-refractivity contribution in [2.75, 3.05) is 20.2 Å². The third kappa shape index (κ3) is 3.08. The number of nitrogens with zero attached hydrogens (tertiary/aromatic N) is 2. The zero-order valence-corrected chi connectivity index (χ0v) is 12.7. The molecule has 3 heteroatoms. The SMILES string of the molecule is COc1cncc(-c2cccc([C@@H](C)N3CCCC3)c2)c1. The number of ether oxygens (including phenoxy) is 1. The van der Waals surface area contributed by atoms with Gasteiger partial charge >= 0.3 is 0 Å². The van der Waals surface area contributed by atoms with Crippen molar-refractivity contribution in [3.8, 4) is 16.9 Å². The zero-order valence-electron chi connectivity index (χ0n) is 12.7. The highest BCUT2D eigenvalue weighted by atomic mass is 16.5. The standard InChI is InChI=1S/C18H22N2O/c1-14(20-8-3-4-9-20)15-6-5-7-16(10-15)17-11-18(21-2)13-19-12-17/h5-7,10-14H,3-4,8-9H2,1-2H3/t14-/m1/s1. The smallest absolute Gasteiger partial charge is 0.137 e. The molecule has 1 aliphatic heterocycles. The fourth-order valence-corrected chi connectivity index (χ4v) is 3.01. The maximum absolute atomic E-state index is 5.26. The highest BCUT2D eigenvalue weighted by Crippen LogP contribution is 2.29. The van der Waals surface area contributed by atoms with Gasteiger partial charge in [0.2, 0.25) is 0 Å². The van der Waals surface area contributed by atoms with Gasteiger partial charge < -0.3 is 4.74 Å². The van der Waals surface area contributed by atoms with Crippen LogP contribution in [0.25, 0.3) is 11.1 Å². The Bertz CT molecular complexity index is 606. The van der Waals surface area contributed by atoms with E-state index in [1.54, 1.807) is 13.3 Å². The van der Waals surface area contributed by atoms with Crippen LogP contribution in [-0.2, 0) is 0 Å². The van der Waals surface area contributed by atoms with Gasteiger partial charge in [0, 0.05) is 17.8 Å². The van der Waals surface area contributed by atoms with Gasteiger partial charge in [0.15, 0.2) is 0 Å². The summed E-state index contributed by atoms with van der Waals surface area (Å²) >= 11 is 0. The van der Waals surface area contributed by atoms with E-state index in [1.807, 2.05) is 12.3 Å². The predicted octanol–water partition coefficient (Wildman–Crippen LogP) is 3.91. The number of hydrogen-bond acceptors (Lipinski definition) is 3. The third-order valence-corrected chi connectivity index (χ3v) is 4.34. The summed E-state index contributed by atoms with van der Waals surface area (Å²) in [5, 5.41) is 0. The summed E-state index contributed by atoms with van der Waals surface area (Å²) in [5.41, 5.74) is 3.67. The molecule has 3 nitrogen and oxygen atoms in total. The second kappa shape index (κ2) is 6.27. The maximum atomic E-state index is 5.26. The summed E-state index contributed by atoms with van der Waals surface area (Å²) < 4.78 is 5.26. The van der Waals surface area contributed by atoms with Crippen LogP contribution in [0.1, 0.15) is 31.4 Å². The van der Waals surface area contributed by atoms with Crippen LogP contribution in [0.15, 0.2) is 42.7 Å². The van der Waals surface area contributed by atoms with Crippen LogP contribution in [0.4, 0.5) is 0 Å². The topological polar surface area (TPSA) is 25.4 Å². The van der Waals surface area contributed by atoms with E-state index in [-0.39, 0.29) is 0 Å². The van der Waals surface area contributed by atoms with E-state index >= 15 is 0 Å². The third-order valence-electron chi connectivity index (χ3n) is 4.34. The molecule has 110 valence electrons. The van der Waals surface area contributed by atoms with Gasteiger partial charge in [0.1, 0.15) is 5.75 Å². The normalized spacial score (nSPS) is 16.9. The van der Waals surface area contributed by atoms with Gasteiger partial charge in [-0.25, -0.2) is 0 Å². The molecule has 1 aromatic carbocycles. The van der Waals surface area contributed by atoms with Crippen molar-refractivity contribution in [1.82, 2.24) is 9.88 Å². The van der Waals surface area contributed by atoms with Gasteiger partial charge in [-0.15, -0.1) is 0 Å². The van der Waals surface area contributed by atoms with Crippen LogP contribution in [-0.4, -0.2) is 30.1 Å². The fraction of sp³-hybridized carbons (Fsp3) is 0.389. The van der Waals surface area contributed by atoms with Crippen molar-refractivity contribution in [3.05, 3.63) is 48.3 Å². The van der Waals surface area contributed by atoms with E-state index in [9.17, 15) is 0 Å². The van der Waals surface area contributed by atoms with Crippen LogP contribution in [0.5, 0.6) is 5.75 Å². The summed E-state index contributed by atoms with van der Waals surface area (Å²) in [4.78, 5) is 6.81. The van der Waals surface area contributed by atoms with E-state index in [0.29, 0.717) is 6.04 Å². The fourth-order valence-electron chi connectivity index (χ4n) is 3.01. The van der Waals surface area contributed by atoms with Gasteiger partial charge in [-0.1, -0.05) is 18.2 Å². The van der Waals surface area contributed by atoms with Crippen LogP contribution < -0.4 is 4.74 Å². The molecule has 0 bridgehead atoms. The lowest BCUT2D eigenvalue weighted by Crippen LogP contribution is -2.23. The lowest BCUT2D eigenvalue weighted by molar-refractivity contribution is 0.263. The van der Waals surface area contributed by atoms with Crippen LogP contribution in [0.3, 0.4) is 0 Å². The lowest BCUT2D eigenvalue weighted by atomic mass is 10.0. The Kier molecular flexibility index (Phi) is 4.20. The number of rotatable bonds is 4. The first-order valence-corrected chi connectivity index (χ1v) is 7.61. The van der Waals surface area contributed by atoms with Crippen molar-refractivity contribution in [2.24, 2.45) is 0 Å². The molecule has 0 aliphatic carbocycles. The number of hydrogen-bond donors (Lipinski definition) is 0. The molecule has 3 rings (SSSR count). The molecule has 0 amide bonds. The van der Waals surface area contributed by atoms with E-state index in [1.165, 1.54) is 37.1 Å². The molecule has 2 aromatic rings. The van der Waals surface area contributed by atoms with Crippen LogP contribution in [0.2, 0.25) is 0 Å². The largest absolute Gasteiger partial charge is 0.495 e. The molecule has 1 aromatic heterocycles. The first kappa shape index (κ1) is 14.1. The Labute approximate surface area is 126 Å². The van der Waals surface area contributed by atoms with E-state index in [2.05, 4.69) is 41.1 Å². The minimum atomic E-state index is 0.478. The molecule has 21 heavy (non-hydrogen) atoms. The van der Waals surface area contributed by atoms with E-state index in [4.69, 9.17) is 4.74 Å². The molecular formula is C18H22N2O. The molecule has 0 N–H and O–H groups in total. The Morgan fingerprint density at radius 2 is 1.90 bits per heavy atom. The predicted molar refractivity (Wildman–Crippen MR) is 85.4 cm³/mol. The summed E-state index contributed by atoms with van der Waals surface area (Å²) in [5.74, 6) is 0.797. The second-order valence-corrected chi connectivity index (χ2v) is 5.66. The average molecular weight is 282 g/mol. The second-order valence-electron chi connectivity index (χ2n) is 5.66. The monoisotopic (exact) mass is 282 g/mol. The average Bonchev–Trinajstić information content (AvgIpc) is 3.09. The lowest BCUT2D eigenvalue weighted by Gasteiger charge is -2.24. The quantitative estimate of drug-likeness (QED) is 0.850. The van der Waals surface area contributed by atoms with Gasteiger partial charge in [0.25, 0.3) is 0 Å². The number of methoxy groups -OCH3 is 1. The van der Waals surface area contributed by atoms with Gasteiger partial charge in [-0.3, -0.25) is 9.88 Å². The summed E-state index contributed by atoms with van der Waals surface area (Å²) in [6.45, 7) is 4.73. The first-order chi connectivity index (χ1) is 10.3. The van der Waals surface area contributed by atoms with Crippen molar-refractivity contribution < 1.29 is 4.74 Å². The van der Waals surface area contributed by atoms with Crippen LogP contribution in [0, 0.1) is 0 Å². The molecule has 1 aliphatic rings. The van der Waals surface area contributed by atoms with Crippen molar-refractivity contribution >= 4 is 0 Å². The van der Waals surface area contributed by atoms with E-state index in [0.717, 1.165) is 11.3 Å². The molecule has 0 saturated carbocycles. The van der Waals surface area contributed by atoms with Gasteiger partial charge in [0.05, 0.1) is 13.3 Å². The van der Waals surface area contributed by atoms with Crippen molar-refractivity contribution in [2.45, 2.75) is 25.8 Å². The number of aromatic nitrogens is 1. The molecule has 0 spiro atoms. The minimum Gasteiger partial charge on any atom is -0.495 e. The maximum Gasteiger partial charge on any atom is 0.137 e. The zero-order chi connectivity index (χ0) is 14.7. The highest BCUT2D eigenvalue weighted by molar-refractivity contribution is 5.64. The first-order valence-electron chi connectivity index (χ1n) is 7.61. The molecule has 1 saturated heterocycles. The molecule has 1 atom stereocenters. The molecule has 1 fully saturated rings. The summed E-state index contributed by atoms with van der Waals surface area (Å²) in [7, 11) is 1.67. The molecule has 0 unspecified atom stereocenters. The summed E-state index contributed by atoms with van der Waals surface area (Å²) in [6.07, 6.45) is 6.27. The summed E-state index contributed by atoms with van der Waals surface area (Å²) in [6, 6.07) is 11.3. The molecular weight excluding hydrogens is 260 g/mol. The van der Waals surface area contributed by atoms with E-state index < -0.39 is 0 Å². The Hall–Kier alpha value is -1.87.